The van der Waals surface area contributed by atoms with E-state index in [1.54, 1.807) is 6.07 Å². The first-order valence-corrected chi connectivity index (χ1v) is 6.75. The molecule has 0 aliphatic rings. The zero-order valence-corrected chi connectivity index (χ0v) is 11.2. The number of unbranched alkanes of at least 4 members (excludes halogenated alkanes) is 1. The van der Waals surface area contributed by atoms with Crippen molar-refractivity contribution in [3.63, 3.8) is 0 Å². The molecular formula is C17H18O2. The lowest BCUT2D eigenvalue weighted by molar-refractivity contribution is -0.118. The van der Waals surface area contributed by atoms with Gasteiger partial charge in [0.15, 0.2) is 5.78 Å². The van der Waals surface area contributed by atoms with Crippen LogP contribution in [-0.2, 0) is 4.79 Å². The molecule has 0 aliphatic carbocycles. The van der Waals surface area contributed by atoms with E-state index >= 15 is 0 Å². The van der Waals surface area contributed by atoms with Gasteiger partial charge in [-0.05, 0) is 17.2 Å². The molecule has 0 bridgehead atoms. The quantitative estimate of drug-likeness (QED) is 0.572. The molecule has 2 aromatic rings. The Bertz CT molecular complexity index is 594. The summed E-state index contributed by atoms with van der Waals surface area (Å²) in [5, 5.41) is 1.97. The minimum atomic E-state index is -0.0714. The lowest BCUT2D eigenvalue weighted by atomic mass is 9.98. The maximum absolute atomic E-state index is 12.2. The number of ketones is 2. The van der Waals surface area contributed by atoms with Crippen molar-refractivity contribution in [3.05, 3.63) is 48.0 Å². The minimum absolute atomic E-state index is 0.0218. The molecule has 98 valence electrons. The molecule has 2 heteroatoms. The van der Waals surface area contributed by atoms with E-state index in [4.69, 9.17) is 0 Å². The van der Waals surface area contributed by atoms with Gasteiger partial charge in [0.1, 0.15) is 5.78 Å². The fraction of sp³-hybridized carbons (Fsp3) is 0.294. The molecule has 0 fully saturated rings. The van der Waals surface area contributed by atoms with E-state index in [0.717, 1.165) is 23.6 Å². The van der Waals surface area contributed by atoms with Gasteiger partial charge >= 0.3 is 0 Å². The van der Waals surface area contributed by atoms with Crippen molar-refractivity contribution in [2.75, 3.05) is 0 Å². The third-order valence-electron chi connectivity index (χ3n) is 3.26. The van der Waals surface area contributed by atoms with Crippen molar-refractivity contribution < 1.29 is 9.59 Å². The van der Waals surface area contributed by atoms with Crippen LogP contribution in [0.2, 0.25) is 0 Å². The Morgan fingerprint density at radius 1 is 1.00 bits per heavy atom. The van der Waals surface area contributed by atoms with Crippen molar-refractivity contribution in [1.29, 1.82) is 0 Å². The Morgan fingerprint density at radius 2 is 1.74 bits per heavy atom. The van der Waals surface area contributed by atoms with Crippen LogP contribution in [0.3, 0.4) is 0 Å². The molecule has 0 aromatic heterocycles. The summed E-state index contributed by atoms with van der Waals surface area (Å²) in [7, 11) is 0. The molecule has 0 amide bonds. The Kier molecular flexibility index (Phi) is 4.45. The van der Waals surface area contributed by atoms with Crippen LogP contribution in [0.15, 0.2) is 42.5 Å². The summed E-state index contributed by atoms with van der Waals surface area (Å²) in [6.07, 6.45) is 2.37. The summed E-state index contributed by atoms with van der Waals surface area (Å²) >= 11 is 0. The van der Waals surface area contributed by atoms with Crippen LogP contribution in [-0.4, -0.2) is 11.6 Å². The second kappa shape index (κ2) is 6.28. The lowest BCUT2D eigenvalue weighted by Crippen LogP contribution is -2.08. The highest BCUT2D eigenvalue weighted by Crippen LogP contribution is 2.20. The molecule has 0 N–H and O–H groups in total. The van der Waals surface area contributed by atoms with Crippen molar-refractivity contribution in [1.82, 2.24) is 0 Å². The van der Waals surface area contributed by atoms with E-state index in [9.17, 15) is 9.59 Å². The Morgan fingerprint density at radius 3 is 2.53 bits per heavy atom. The predicted octanol–water partition coefficient (Wildman–Crippen LogP) is 4.17. The van der Waals surface area contributed by atoms with Gasteiger partial charge in [0.05, 0.1) is 6.42 Å². The summed E-state index contributed by atoms with van der Waals surface area (Å²) < 4.78 is 0. The largest absolute Gasteiger partial charge is 0.299 e. The van der Waals surface area contributed by atoms with Gasteiger partial charge in [0, 0.05) is 12.0 Å². The van der Waals surface area contributed by atoms with Crippen molar-refractivity contribution in [2.45, 2.75) is 32.6 Å². The van der Waals surface area contributed by atoms with Gasteiger partial charge in [-0.25, -0.2) is 0 Å². The van der Waals surface area contributed by atoms with Crippen LogP contribution < -0.4 is 0 Å². The monoisotopic (exact) mass is 254 g/mol. The van der Waals surface area contributed by atoms with Gasteiger partial charge < -0.3 is 0 Å². The number of benzene rings is 2. The van der Waals surface area contributed by atoms with E-state index < -0.39 is 0 Å². The van der Waals surface area contributed by atoms with Gasteiger partial charge in [0.2, 0.25) is 0 Å². The number of hydrogen-bond acceptors (Lipinski definition) is 2. The molecule has 0 aliphatic heterocycles. The number of hydrogen-bond donors (Lipinski definition) is 0. The maximum Gasteiger partial charge on any atom is 0.170 e. The predicted molar refractivity (Wildman–Crippen MR) is 77.4 cm³/mol. The fourth-order valence-electron chi connectivity index (χ4n) is 2.21. The molecule has 2 aromatic carbocycles. The summed E-state index contributed by atoms with van der Waals surface area (Å²) in [4.78, 5) is 23.9. The number of rotatable bonds is 6. The number of Topliss-reactive ketones (excluding diaryl/α,β-unsaturated/α-hetero) is 2. The van der Waals surface area contributed by atoms with E-state index in [0.29, 0.717) is 12.0 Å². The third-order valence-corrected chi connectivity index (χ3v) is 3.26. The average molecular weight is 254 g/mol. The van der Waals surface area contributed by atoms with E-state index in [1.165, 1.54) is 0 Å². The normalized spacial score (nSPS) is 10.6. The Labute approximate surface area is 113 Å². The molecule has 2 nitrogen and oxygen atoms in total. The van der Waals surface area contributed by atoms with E-state index in [2.05, 4.69) is 0 Å². The molecule has 2 rings (SSSR count). The highest BCUT2D eigenvalue weighted by molar-refractivity contribution is 6.14. The van der Waals surface area contributed by atoms with Gasteiger partial charge in [-0.2, -0.15) is 0 Å². The summed E-state index contributed by atoms with van der Waals surface area (Å²) in [5.74, 6) is -0.0299. The minimum Gasteiger partial charge on any atom is -0.299 e. The summed E-state index contributed by atoms with van der Waals surface area (Å²) in [5.41, 5.74) is 0.656. The number of carbonyl (C=O) groups excluding carboxylic acids is 2. The average Bonchev–Trinajstić information content (AvgIpc) is 2.44. The van der Waals surface area contributed by atoms with Crippen LogP contribution in [0.25, 0.3) is 10.8 Å². The molecule has 0 saturated heterocycles. The molecule has 19 heavy (non-hydrogen) atoms. The van der Waals surface area contributed by atoms with Crippen molar-refractivity contribution in [2.24, 2.45) is 0 Å². The SMILES string of the molecule is CCCCC(=O)CC(=O)c1cccc2ccccc12. The second-order valence-corrected chi connectivity index (χ2v) is 4.77. The smallest absolute Gasteiger partial charge is 0.170 e. The van der Waals surface area contributed by atoms with Gasteiger partial charge in [0.25, 0.3) is 0 Å². The van der Waals surface area contributed by atoms with Crippen LogP contribution in [0, 0.1) is 0 Å². The van der Waals surface area contributed by atoms with Gasteiger partial charge in [-0.1, -0.05) is 55.8 Å². The molecular weight excluding hydrogens is 236 g/mol. The summed E-state index contributed by atoms with van der Waals surface area (Å²) in [6, 6.07) is 13.4. The van der Waals surface area contributed by atoms with Crippen LogP contribution >= 0.6 is 0 Å². The molecule has 0 unspecified atom stereocenters. The first kappa shape index (κ1) is 13.5. The molecule has 0 saturated carbocycles. The number of carbonyl (C=O) groups is 2. The maximum atomic E-state index is 12.2. The van der Waals surface area contributed by atoms with Crippen LogP contribution in [0.5, 0.6) is 0 Å². The zero-order chi connectivity index (χ0) is 13.7. The Balaban J connectivity index is 2.20. The van der Waals surface area contributed by atoms with E-state index in [-0.39, 0.29) is 18.0 Å². The first-order valence-electron chi connectivity index (χ1n) is 6.75. The Hall–Kier alpha value is -1.96. The zero-order valence-electron chi connectivity index (χ0n) is 11.2. The molecule has 0 spiro atoms. The molecule has 0 radical (unpaired) electrons. The first-order chi connectivity index (χ1) is 9.22. The third kappa shape index (κ3) is 3.28. The second-order valence-electron chi connectivity index (χ2n) is 4.77. The molecule has 0 heterocycles. The topological polar surface area (TPSA) is 34.1 Å². The van der Waals surface area contributed by atoms with Gasteiger partial charge in [-0.3, -0.25) is 9.59 Å². The van der Waals surface area contributed by atoms with Gasteiger partial charge in [-0.15, -0.1) is 0 Å². The molecule has 0 atom stereocenters. The van der Waals surface area contributed by atoms with Crippen LogP contribution in [0.1, 0.15) is 43.0 Å². The van der Waals surface area contributed by atoms with E-state index in [1.807, 2.05) is 43.3 Å². The number of fused-ring (bicyclic) bond motifs is 1. The van der Waals surface area contributed by atoms with Crippen molar-refractivity contribution >= 4 is 22.3 Å². The van der Waals surface area contributed by atoms with Crippen molar-refractivity contribution in [3.8, 4) is 0 Å². The highest BCUT2D eigenvalue weighted by Gasteiger charge is 2.13. The summed E-state index contributed by atoms with van der Waals surface area (Å²) in [6.45, 7) is 2.04. The highest BCUT2D eigenvalue weighted by atomic mass is 16.1. The lowest BCUT2D eigenvalue weighted by Gasteiger charge is -2.05. The van der Waals surface area contributed by atoms with Crippen LogP contribution in [0.4, 0.5) is 0 Å². The standard InChI is InChI=1S/C17H18O2/c1-2-3-9-14(18)12-17(19)16-11-6-8-13-7-4-5-10-15(13)16/h4-8,10-11H,2-3,9,12H2,1H3. The fourth-order valence-corrected chi connectivity index (χ4v) is 2.21.